The summed E-state index contributed by atoms with van der Waals surface area (Å²) < 4.78 is 2.53. The summed E-state index contributed by atoms with van der Waals surface area (Å²) >= 11 is 0. The van der Waals surface area contributed by atoms with Gasteiger partial charge in [0.1, 0.15) is 0 Å². The molecule has 0 saturated carbocycles. The van der Waals surface area contributed by atoms with Crippen molar-refractivity contribution in [3.63, 3.8) is 0 Å². The summed E-state index contributed by atoms with van der Waals surface area (Å²) in [4.78, 5) is 25.0. The molecular formula is C15H14N4O2. The number of aromatic nitrogens is 2. The maximum Gasteiger partial charge on any atom is 0.335 e. The number of benzene rings is 2. The van der Waals surface area contributed by atoms with Gasteiger partial charge in [0, 0.05) is 18.4 Å². The molecule has 1 aromatic heterocycles. The van der Waals surface area contributed by atoms with Crippen molar-refractivity contribution < 1.29 is 0 Å². The molecule has 0 bridgehead atoms. The standard InChI is InChI=1S/C15H14N4O2/c1-18-13-8-10(17)4-7-12(13)14(20)19(15(18)21)11-5-2-9(16)3-6-11/h2-8H,16-17H2,1H3. The van der Waals surface area contributed by atoms with E-state index >= 15 is 0 Å². The molecule has 6 heteroatoms. The van der Waals surface area contributed by atoms with Gasteiger partial charge in [-0.15, -0.1) is 0 Å². The number of hydrogen-bond donors (Lipinski definition) is 2. The average molecular weight is 282 g/mol. The summed E-state index contributed by atoms with van der Waals surface area (Å²) in [5.41, 5.74) is 12.6. The van der Waals surface area contributed by atoms with E-state index in [1.165, 1.54) is 4.57 Å². The lowest BCUT2D eigenvalue weighted by molar-refractivity contribution is 0.774. The molecule has 0 aliphatic rings. The second kappa shape index (κ2) is 4.52. The van der Waals surface area contributed by atoms with Crippen LogP contribution in [0.4, 0.5) is 11.4 Å². The molecule has 106 valence electrons. The highest BCUT2D eigenvalue weighted by Gasteiger charge is 2.12. The van der Waals surface area contributed by atoms with Gasteiger partial charge in [-0.3, -0.25) is 9.36 Å². The molecule has 3 aromatic rings. The highest BCUT2D eigenvalue weighted by molar-refractivity contribution is 5.81. The van der Waals surface area contributed by atoms with E-state index in [-0.39, 0.29) is 5.56 Å². The SMILES string of the molecule is Cn1c(=O)n(-c2ccc(N)cc2)c(=O)c2ccc(N)cc21. The number of nitrogens with zero attached hydrogens (tertiary/aromatic N) is 2. The van der Waals surface area contributed by atoms with Crippen molar-refractivity contribution >= 4 is 22.3 Å². The predicted molar refractivity (Wildman–Crippen MR) is 83.6 cm³/mol. The minimum absolute atomic E-state index is 0.377. The lowest BCUT2D eigenvalue weighted by Crippen LogP contribution is -2.37. The first-order valence-electron chi connectivity index (χ1n) is 6.36. The molecular weight excluding hydrogens is 268 g/mol. The van der Waals surface area contributed by atoms with Gasteiger partial charge in [0.05, 0.1) is 16.6 Å². The summed E-state index contributed by atoms with van der Waals surface area (Å²) in [5, 5.41) is 0.433. The molecule has 1 heterocycles. The van der Waals surface area contributed by atoms with Crippen LogP contribution in [0, 0.1) is 0 Å². The summed E-state index contributed by atoms with van der Waals surface area (Å²) in [6, 6.07) is 11.5. The molecule has 0 atom stereocenters. The zero-order valence-corrected chi connectivity index (χ0v) is 11.4. The Morgan fingerprint density at radius 1 is 0.905 bits per heavy atom. The fourth-order valence-electron chi connectivity index (χ4n) is 2.32. The summed E-state index contributed by atoms with van der Waals surface area (Å²) in [6.07, 6.45) is 0. The van der Waals surface area contributed by atoms with Crippen LogP contribution in [0.5, 0.6) is 0 Å². The molecule has 2 aromatic carbocycles. The maximum atomic E-state index is 12.6. The van der Waals surface area contributed by atoms with Crippen molar-refractivity contribution in [1.29, 1.82) is 0 Å². The van der Waals surface area contributed by atoms with Crippen molar-refractivity contribution in [1.82, 2.24) is 9.13 Å². The van der Waals surface area contributed by atoms with E-state index in [1.807, 2.05) is 0 Å². The van der Waals surface area contributed by atoms with Gasteiger partial charge in [-0.2, -0.15) is 0 Å². The van der Waals surface area contributed by atoms with Gasteiger partial charge in [0.15, 0.2) is 0 Å². The van der Waals surface area contributed by atoms with Crippen LogP contribution in [-0.4, -0.2) is 9.13 Å². The molecule has 0 spiro atoms. The van der Waals surface area contributed by atoms with Crippen LogP contribution in [0.25, 0.3) is 16.6 Å². The van der Waals surface area contributed by atoms with Gasteiger partial charge in [0.2, 0.25) is 0 Å². The smallest absolute Gasteiger partial charge is 0.335 e. The number of fused-ring (bicyclic) bond motifs is 1. The van der Waals surface area contributed by atoms with Crippen LogP contribution in [0.3, 0.4) is 0 Å². The first-order valence-corrected chi connectivity index (χ1v) is 6.36. The van der Waals surface area contributed by atoms with Gasteiger partial charge in [-0.1, -0.05) is 0 Å². The van der Waals surface area contributed by atoms with Crippen molar-refractivity contribution in [2.45, 2.75) is 0 Å². The van der Waals surface area contributed by atoms with Crippen LogP contribution in [0.1, 0.15) is 0 Å². The molecule has 0 fully saturated rings. The Hall–Kier alpha value is -3.02. The van der Waals surface area contributed by atoms with Gasteiger partial charge >= 0.3 is 5.69 Å². The number of nitrogen functional groups attached to an aromatic ring is 2. The van der Waals surface area contributed by atoms with Crippen molar-refractivity contribution in [2.24, 2.45) is 7.05 Å². The predicted octanol–water partition coefficient (Wildman–Crippen LogP) is 0.854. The number of aryl methyl sites for hydroxylation is 1. The Balaban J connectivity index is 2.45. The van der Waals surface area contributed by atoms with Crippen LogP contribution in [0.2, 0.25) is 0 Å². The van der Waals surface area contributed by atoms with E-state index in [0.717, 1.165) is 4.57 Å². The zero-order valence-electron chi connectivity index (χ0n) is 11.4. The van der Waals surface area contributed by atoms with Crippen LogP contribution in [-0.2, 0) is 7.05 Å². The maximum absolute atomic E-state index is 12.6. The van der Waals surface area contributed by atoms with E-state index in [9.17, 15) is 9.59 Å². The lowest BCUT2D eigenvalue weighted by Gasteiger charge is -2.11. The first-order chi connectivity index (χ1) is 9.99. The molecule has 0 saturated heterocycles. The van der Waals surface area contributed by atoms with Crippen LogP contribution >= 0.6 is 0 Å². The number of rotatable bonds is 1. The second-order valence-electron chi connectivity index (χ2n) is 4.85. The Morgan fingerprint density at radius 3 is 2.19 bits per heavy atom. The number of hydrogen-bond acceptors (Lipinski definition) is 4. The van der Waals surface area contributed by atoms with Crippen molar-refractivity contribution in [3.05, 3.63) is 63.3 Å². The number of nitrogens with two attached hydrogens (primary N) is 2. The lowest BCUT2D eigenvalue weighted by atomic mass is 10.2. The molecule has 0 radical (unpaired) electrons. The molecule has 0 amide bonds. The third kappa shape index (κ3) is 1.97. The molecule has 0 aliphatic carbocycles. The zero-order chi connectivity index (χ0) is 15.1. The van der Waals surface area contributed by atoms with Crippen LogP contribution in [0.15, 0.2) is 52.1 Å². The summed E-state index contributed by atoms with van der Waals surface area (Å²) in [5.74, 6) is 0. The van der Waals surface area contributed by atoms with Crippen LogP contribution < -0.4 is 22.7 Å². The minimum Gasteiger partial charge on any atom is -0.399 e. The van der Waals surface area contributed by atoms with Crippen molar-refractivity contribution in [2.75, 3.05) is 11.5 Å². The van der Waals surface area contributed by atoms with Gasteiger partial charge < -0.3 is 11.5 Å². The molecule has 6 nitrogen and oxygen atoms in total. The summed E-state index contributed by atoms with van der Waals surface area (Å²) in [7, 11) is 1.61. The Morgan fingerprint density at radius 2 is 1.52 bits per heavy atom. The highest BCUT2D eigenvalue weighted by Crippen LogP contribution is 2.14. The van der Waals surface area contributed by atoms with Gasteiger partial charge in [-0.25, -0.2) is 9.36 Å². The second-order valence-corrected chi connectivity index (χ2v) is 4.85. The van der Waals surface area contributed by atoms with E-state index < -0.39 is 5.69 Å². The van der Waals surface area contributed by atoms with Crippen molar-refractivity contribution in [3.8, 4) is 5.69 Å². The van der Waals surface area contributed by atoms with Gasteiger partial charge in [0.25, 0.3) is 5.56 Å². The average Bonchev–Trinajstić information content (AvgIpc) is 2.47. The topological polar surface area (TPSA) is 96.0 Å². The Labute approximate surface area is 119 Å². The Kier molecular flexibility index (Phi) is 2.79. The highest BCUT2D eigenvalue weighted by atomic mass is 16.2. The van der Waals surface area contributed by atoms with E-state index in [1.54, 1.807) is 49.5 Å². The monoisotopic (exact) mass is 282 g/mol. The van der Waals surface area contributed by atoms with E-state index in [0.29, 0.717) is 28.0 Å². The summed E-state index contributed by atoms with van der Waals surface area (Å²) in [6.45, 7) is 0. The van der Waals surface area contributed by atoms with E-state index in [4.69, 9.17) is 11.5 Å². The quantitative estimate of drug-likeness (QED) is 0.647. The first kappa shape index (κ1) is 13.0. The number of anilines is 2. The fourth-order valence-corrected chi connectivity index (χ4v) is 2.32. The third-order valence-electron chi connectivity index (χ3n) is 3.45. The normalized spacial score (nSPS) is 10.9. The minimum atomic E-state index is -0.428. The molecule has 0 unspecified atom stereocenters. The third-order valence-corrected chi connectivity index (χ3v) is 3.45. The largest absolute Gasteiger partial charge is 0.399 e. The molecule has 0 aliphatic heterocycles. The van der Waals surface area contributed by atoms with E-state index in [2.05, 4.69) is 0 Å². The molecule has 21 heavy (non-hydrogen) atoms. The molecule has 3 rings (SSSR count). The Bertz CT molecular complexity index is 952. The fraction of sp³-hybridized carbons (Fsp3) is 0.0667. The molecule has 4 N–H and O–H groups in total. The van der Waals surface area contributed by atoms with Gasteiger partial charge in [-0.05, 0) is 42.5 Å².